The number of carbonyl (C=O) groups is 1. The van der Waals surface area contributed by atoms with Crippen molar-refractivity contribution in [2.45, 2.75) is 13.8 Å². The third kappa shape index (κ3) is 4.00. The molecule has 0 aliphatic heterocycles. The molecule has 0 spiro atoms. The molecule has 0 aliphatic rings. The zero-order chi connectivity index (χ0) is 17.8. The molecule has 0 saturated carbocycles. The van der Waals surface area contributed by atoms with Crippen LogP contribution in [0.3, 0.4) is 0 Å². The number of nitrogens with one attached hydrogen (secondary N) is 2. The van der Waals surface area contributed by atoms with Crippen LogP contribution in [0.1, 0.15) is 11.1 Å². The summed E-state index contributed by atoms with van der Waals surface area (Å²) in [5, 5.41) is 17.5. The highest BCUT2D eigenvalue weighted by Crippen LogP contribution is 2.19. The largest absolute Gasteiger partial charge is 0.376 e. The Morgan fingerprint density at radius 2 is 1.92 bits per heavy atom. The van der Waals surface area contributed by atoms with Crippen molar-refractivity contribution < 1.29 is 4.79 Å². The molecule has 7 heteroatoms. The van der Waals surface area contributed by atoms with Crippen LogP contribution in [0, 0.1) is 13.8 Å². The number of hydrogen-bond acceptors (Lipinski definition) is 5. The summed E-state index contributed by atoms with van der Waals surface area (Å²) in [6, 6.07) is 13.5. The Morgan fingerprint density at radius 1 is 1.08 bits per heavy atom. The van der Waals surface area contributed by atoms with E-state index in [4.69, 9.17) is 0 Å². The summed E-state index contributed by atoms with van der Waals surface area (Å²) in [7, 11) is 1.78. The van der Waals surface area contributed by atoms with Crippen LogP contribution >= 0.6 is 0 Å². The summed E-state index contributed by atoms with van der Waals surface area (Å²) >= 11 is 0. The number of amides is 1. The summed E-state index contributed by atoms with van der Waals surface area (Å²) in [6.45, 7) is 4.24. The van der Waals surface area contributed by atoms with E-state index < -0.39 is 0 Å². The number of tetrazole rings is 1. The van der Waals surface area contributed by atoms with Crippen LogP contribution in [0.2, 0.25) is 0 Å². The van der Waals surface area contributed by atoms with Crippen LogP contribution in [0.4, 0.5) is 11.4 Å². The molecule has 0 unspecified atom stereocenters. The van der Waals surface area contributed by atoms with E-state index in [2.05, 4.69) is 26.2 Å². The minimum atomic E-state index is -0.103. The average Bonchev–Trinajstić information content (AvgIpc) is 3.03. The predicted molar refractivity (Wildman–Crippen MR) is 97.3 cm³/mol. The average molecular weight is 336 g/mol. The fourth-order valence-corrected chi connectivity index (χ4v) is 2.45. The third-order valence-electron chi connectivity index (χ3n) is 3.98. The van der Waals surface area contributed by atoms with Crippen molar-refractivity contribution in [3.63, 3.8) is 0 Å². The van der Waals surface area contributed by atoms with Crippen molar-refractivity contribution in [1.82, 2.24) is 20.2 Å². The fourth-order valence-electron chi connectivity index (χ4n) is 2.45. The second-order valence-electron chi connectivity index (χ2n) is 5.91. The van der Waals surface area contributed by atoms with Crippen LogP contribution < -0.4 is 10.6 Å². The van der Waals surface area contributed by atoms with Crippen molar-refractivity contribution in [3.05, 3.63) is 53.6 Å². The number of aromatic nitrogens is 4. The Labute approximate surface area is 146 Å². The molecule has 2 N–H and O–H groups in total. The second-order valence-corrected chi connectivity index (χ2v) is 5.91. The van der Waals surface area contributed by atoms with E-state index in [9.17, 15) is 4.79 Å². The number of hydrogen-bond donors (Lipinski definition) is 2. The SMILES string of the molecule is Cc1ccc(NC(=O)CNc2cccc(-c3nnnn3C)c2)cc1C. The van der Waals surface area contributed by atoms with E-state index in [1.54, 1.807) is 11.7 Å². The number of carbonyl (C=O) groups excluding carboxylic acids is 1. The fraction of sp³-hybridized carbons (Fsp3) is 0.222. The van der Waals surface area contributed by atoms with Crippen LogP contribution in [0.25, 0.3) is 11.4 Å². The van der Waals surface area contributed by atoms with Crippen molar-refractivity contribution in [2.75, 3.05) is 17.2 Å². The van der Waals surface area contributed by atoms with Gasteiger partial charge in [-0.25, -0.2) is 4.68 Å². The standard InChI is InChI=1S/C18H20N6O/c1-12-7-8-16(9-13(12)2)20-17(25)11-19-15-6-4-5-14(10-15)18-21-22-23-24(18)3/h4-10,19H,11H2,1-3H3,(H,20,25). The lowest BCUT2D eigenvalue weighted by molar-refractivity contribution is -0.114. The number of aryl methyl sites for hydroxylation is 3. The Morgan fingerprint density at radius 3 is 2.64 bits per heavy atom. The van der Waals surface area contributed by atoms with E-state index in [0.29, 0.717) is 5.82 Å². The van der Waals surface area contributed by atoms with Crippen LogP contribution in [0.15, 0.2) is 42.5 Å². The first-order valence-corrected chi connectivity index (χ1v) is 7.97. The maximum Gasteiger partial charge on any atom is 0.243 e. The molecular formula is C18H20N6O. The monoisotopic (exact) mass is 336 g/mol. The Bertz CT molecular complexity index is 902. The van der Waals surface area contributed by atoms with Gasteiger partial charge in [-0.05, 0) is 59.7 Å². The summed E-state index contributed by atoms with van der Waals surface area (Å²) in [5.41, 5.74) is 4.86. The Balaban J connectivity index is 1.62. The molecule has 7 nitrogen and oxygen atoms in total. The van der Waals surface area contributed by atoms with Crippen LogP contribution in [0.5, 0.6) is 0 Å². The van der Waals surface area contributed by atoms with E-state index in [-0.39, 0.29) is 12.5 Å². The van der Waals surface area contributed by atoms with Crippen LogP contribution in [-0.4, -0.2) is 32.7 Å². The summed E-state index contributed by atoms with van der Waals surface area (Å²) in [4.78, 5) is 12.1. The zero-order valence-electron chi connectivity index (χ0n) is 14.4. The van der Waals surface area contributed by atoms with Crippen molar-refractivity contribution in [2.24, 2.45) is 7.05 Å². The number of rotatable bonds is 5. The van der Waals surface area contributed by atoms with E-state index in [0.717, 1.165) is 22.5 Å². The lowest BCUT2D eigenvalue weighted by atomic mass is 10.1. The van der Waals surface area contributed by atoms with Gasteiger partial charge in [-0.3, -0.25) is 4.79 Å². The topological polar surface area (TPSA) is 84.7 Å². The molecule has 1 amide bonds. The molecule has 0 bridgehead atoms. The first-order valence-electron chi connectivity index (χ1n) is 7.97. The maximum absolute atomic E-state index is 12.1. The third-order valence-corrected chi connectivity index (χ3v) is 3.98. The summed E-state index contributed by atoms with van der Waals surface area (Å²) in [6.07, 6.45) is 0. The molecule has 0 saturated heterocycles. The van der Waals surface area contributed by atoms with E-state index in [1.807, 2.05) is 56.3 Å². The van der Waals surface area contributed by atoms with Gasteiger partial charge in [-0.1, -0.05) is 18.2 Å². The number of nitrogens with zero attached hydrogens (tertiary/aromatic N) is 4. The first kappa shape index (κ1) is 16.6. The highest BCUT2D eigenvalue weighted by molar-refractivity contribution is 5.93. The zero-order valence-corrected chi connectivity index (χ0v) is 14.4. The molecule has 25 heavy (non-hydrogen) atoms. The van der Waals surface area contributed by atoms with E-state index >= 15 is 0 Å². The molecular weight excluding hydrogens is 316 g/mol. The predicted octanol–water partition coefficient (Wildman–Crippen LogP) is 2.54. The minimum Gasteiger partial charge on any atom is -0.376 e. The highest BCUT2D eigenvalue weighted by atomic mass is 16.1. The van der Waals surface area contributed by atoms with Gasteiger partial charge in [0.1, 0.15) is 0 Å². The highest BCUT2D eigenvalue weighted by Gasteiger charge is 2.07. The van der Waals surface area contributed by atoms with Gasteiger partial charge in [0, 0.05) is 24.0 Å². The summed E-state index contributed by atoms with van der Waals surface area (Å²) < 4.78 is 1.60. The molecule has 0 atom stereocenters. The van der Waals surface area contributed by atoms with Gasteiger partial charge in [-0.2, -0.15) is 0 Å². The lowest BCUT2D eigenvalue weighted by Crippen LogP contribution is -2.21. The maximum atomic E-state index is 12.1. The van der Waals surface area contributed by atoms with Gasteiger partial charge in [0.15, 0.2) is 5.82 Å². The Kier molecular flexibility index (Phi) is 4.74. The molecule has 0 radical (unpaired) electrons. The van der Waals surface area contributed by atoms with Gasteiger partial charge >= 0.3 is 0 Å². The van der Waals surface area contributed by atoms with Crippen LogP contribution in [-0.2, 0) is 11.8 Å². The first-order chi connectivity index (χ1) is 12.0. The smallest absolute Gasteiger partial charge is 0.243 e. The molecule has 128 valence electrons. The van der Waals surface area contributed by atoms with Gasteiger partial charge < -0.3 is 10.6 Å². The van der Waals surface area contributed by atoms with Gasteiger partial charge in [0.2, 0.25) is 5.91 Å². The van der Waals surface area contributed by atoms with Crippen molar-refractivity contribution in [1.29, 1.82) is 0 Å². The molecule has 2 aromatic carbocycles. The molecule has 1 aromatic heterocycles. The Hall–Kier alpha value is -3.22. The second kappa shape index (κ2) is 7.12. The number of benzene rings is 2. The van der Waals surface area contributed by atoms with Gasteiger partial charge in [-0.15, -0.1) is 5.10 Å². The molecule has 3 rings (SSSR count). The van der Waals surface area contributed by atoms with E-state index in [1.165, 1.54) is 5.56 Å². The summed E-state index contributed by atoms with van der Waals surface area (Å²) in [5.74, 6) is 0.567. The van der Waals surface area contributed by atoms with Gasteiger partial charge in [0.25, 0.3) is 0 Å². The number of anilines is 2. The molecule has 0 fully saturated rings. The van der Waals surface area contributed by atoms with Crippen molar-refractivity contribution >= 4 is 17.3 Å². The molecule has 3 aromatic rings. The minimum absolute atomic E-state index is 0.103. The molecule has 1 heterocycles. The molecule has 0 aliphatic carbocycles. The van der Waals surface area contributed by atoms with Gasteiger partial charge in [0.05, 0.1) is 6.54 Å². The quantitative estimate of drug-likeness (QED) is 0.748. The normalized spacial score (nSPS) is 10.5. The van der Waals surface area contributed by atoms with Crippen molar-refractivity contribution in [3.8, 4) is 11.4 Å². The lowest BCUT2D eigenvalue weighted by Gasteiger charge is -2.10.